The van der Waals surface area contributed by atoms with E-state index < -0.39 is 0 Å². The molecule has 0 aliphatic rings. The normalized spacial score (nSPS) is 10.7. The van der Waals surface area contributed by atoms with Gasteiger partial charge in [-0.3, -0.25) is 4.98 Å². The molecule has 0 unspecified atom stereocenters. The number of halogens is 1. The van der Waals surface area contributed by atoms with Crippen LogP contribution in [0.15, 0.2) is 67.1 Å². The molecule has 116 valence electrons. The van der Waals surface area contributed by atoms with Crippen LogP contribution < -0.4 is 4.74 Å². The summed E-state index contributed by atoms with van der Waals surface area (Å²) in [5.41, 5.74) is 1.62. The van der Waals surface area contributed by atoms with Gasteiger partial charge in [0.2, 0.25) is 5.88 Å². The van der Waals surface area contributed by atoms with Crippen molar-refractivity contribution in [2.24, 2.45) is 0 Å². The Kier molecular flexibility index (Phi) is 3.76. The molecule has 0 N–H and O–H groups in total. The zero-order chi connectivity index (χ0) is 16.4. The van der Waals surface area contributed by atoms with E-state index >= 15 is 0 Å². The van der Waals surface area contributed by atoms with Crippen LogP contribution in [-0.2, 0) is 0 Å². The summed E-state index contributed by atoms with van der Waals surface area (Å²) < 4.78 is 5.92. The first-order valence-corrected chi connectivity index (χ1v) is 7.64. The lowest BCUT2D eigenvalue weighted by atomic mass is 10.2. The zero-order valence-electron chi connectivity index (χ0n) is 12.4. The maximum absolute atomic E-state index is 5.92. The lowest BCUT2D eigenvalue weighted by Gasteiger charge is -2.09. The van der Waals surface area contributed by atoms with E-state index in [0.29, 0.717) is 22.6 Å². The minimum Gasteiger partial charge on any atom is -0.437 e. The summed E-state index contributed by atoms with van der Waals surface area (Å²) >= 11 is 5.82. The van der Waals surface area contributed by atoms with E-state index in [2.05, 4.69) is 19.9 Å². The van der Waals surface area contributed by atoms with E-state index in [1.165, 1.54) is 0 Å². The lowest BCUT2D eigenvalue weighted by Crippen LogP contribution is -1.96. The van der Waals surface area contributed by atoms with Crippen LogP contribution in [0.2, 0.25) is 5.15 Å². The predicted molar refractivity (Wildman–Crippen MR) is 92.1 cm³/mol. The van der Waals surface area contributed by atoms with Gasteiger partial charge >= 0.3 is 0 Å². The second kappa shape index (κ2) is 6.22. The number of pyridine rings is 2. The van der Waals surface area contributed by atoms with Crippen molar-refractivity contribution in [1.29, 1.82) is 0 Å². The first kappa shape index (κ1) is 14.5. The smallest absolute Gasteiger partial charge is 0.230 e. The molecule has 24 heavy (non-hydrogen) atoms. The molecule has 0 atom stereocenters. The Bertz CT molecular complexity index is 991. The number of fused-ring (bicyclic) bond motifs is 1. The summed E-state index contributed by atoms with van der Waals surface area (Å²) in [6, 6.07) is 14.9. The largest absolute Gasteiger partial charge is 0.437 e. The first-order valence-electron chi connectivity index (χ1n) is 7.26. The molecule has 0 fully saturated rings. The molecular formula is C18H11ClN4O. The average Bonchev–Trinajstić information content (AvgIpc) is 2.64. The summed E-state index contributed by atoms with van der Waals surface area (Å²) in [4.78, 5) is 17.3. The van der Waals surface area contributed by atoms with E-state index in [-0.39, 0.29) is 0 Å². The molecule has 0 amide bonds. The second-order valence-corrected chi connectivity index (χ2v) is 5.42. The molecule has 1 aromatic carbocycles. The van der Waals surface area contributed by atoms with Gasteiger partial charge in [-0.05, 0) is 36.4 Å². The lowest BCUT2D eigenvalue weighted by molar-refractivity contribution is 0.467. The topological polar surface area (TPSA) is 60.8 Å². The van der Waals surface area contributed by atoms with Gasteiger partial charge in [0.15, 0.2) is 5.82 Å². The number of nitrogens with zero attached hydrogens (tertiary/aromatic N) is 4. The third-order valence-corrected chi connectivity index (χ3v) is 3.63. The number of rotatable bonds is 3. The fourth-order valence-electron chi connectivity index (χ4n) is 2.28. The van der Waals surface area contributed by atoms with Crippen molar-refractivity contribution in [3.8, 4) is 23.0 Å². The summed E-state index contributed by atoms with van der Waals surface area (Å²) in [7, 11) is 0. The number of benzene rings is 1. The van der Waals surface area contributed by atoms with Gasteiger partial charge in [-0.15, -0.1) is 0 Å². The SMILES string of the molecule is Clc1ccc(Oc2nc(-c3cccnc3)nc3ccccc23)cn1. The monoisotopic (exact) mass is 334 g/mol. The van der Waals surface area contributed by atoms with Gasteiger partial charge in [0.1, 0.15) is 10.9 Å². The fraction of sp³-hybridized carbons (Fsp3) is 0. The van der Waals surface area contributed by atoms with E-state index in [9.17, 15) is 0 Å². The van der Waals surface area contributed by atoms with Gasteiger partial charge in [-0.1, -0.05) is 23.7 Å². The van der Waals surface area contributed by atoms with Crippen LogP contribution in [0.5, 0.6) is 11.6 Å². The number of hydrogen-bond donors (Lipinski definition) is 0. The summed E-state index contributed by atoms with van der Waals surface area (Å²) in [6.07, 6.45) is 4.99. The highest BCUT2D eigenvalue weighted by Gasteiger charge is 2.11. The van der Waals surface area contributed by atoms with Crippen LogP contribution in [0.3, 0.4) is 0 Å². The molecule has 0 saturated carbocycles. The van der Waals surface area contributed by atoms with Crippen LogP contribution in [0.4, 0.5) is 0 Å². The van der Waals surface area contributed by atoms with Crippen molar-refractivity contribution in [2.45, 2.75) is 0 Å². The summed E-state index contributed by atoms with van der Waals surface area (Å²) in [5, 5.41) is 1.23. The first-order chi connectivity index (χ1) is 11.8. The Balaban J connectivity index is 1.85. The Labute approximate surface area is 143 Å². The Hall–Kier alpha value is -3.05. The molecular weight excluding hydrogens is 324 g/mol. The molecule has 3 aromatic heterocycles. The number of ether oxygens (including phenoxy) is 1. The van der Waals surface area contributed by atoms with E-state index in [4.69, 9.17) is 16.3 Å². The van der Waals surface area contributed by atoms with Crippen LogP contribution >= 0.6 is 11.6 Å². The molecule has 5 nitrogen and oxygen atoms in total. The molecule has 0 saturated heterocycles. The third-order valence-electron chi connectivity index (χ3n) is 3.40. The van der Waals surface area contributed by atoms with Gasteiger partial charge in [-0.25, -0.2) is 9.97 Å². The fourth-order valence-corrected chi connectivity index (χ4v) is 2.40. The van der Waals surface area contributed by atoms with Crippen LogP contribution in [0.1, 0.15) is 0 Å². The molecule has 0 spiro atoms. The van der Waals surface area contributed by atoms with Gasteiger partial charge < -0.3 is 4.74 Å². The van der Waals surface area contributed by atoms with Gasteiger partial charge in [-0.2, -0.15) is 4.98 Å². The van der Waals surface area contributed by atoms with Crippen LogP contribution in [-0.4, -0.2) is 19.9 Å². The van der Waals surface area contributed by atoms with Crippen LogP contribution in [0, 0.1) is 0 Å². The maximum atomic E-state index is 5.92. The zero-order valence-corrected chi connectivity index (χ0v) is 13.2. The number of hydrogen-bond acceptors (Lipinski definition) is 5. The minimum absolute atomic E-state index is 0.408. The molecule has 0 radical (unpaired) electrons. The highest BCUT2D eigenvalue weighted by molar-refractivity contribution is 6.29. The van der Waals surface area contributed by atoms with Crippen molar-refractivity contribution in [3.05, 3.63) is 72.3 Å². The Morgan fingerprint density at radius 2 is 1.79 bits per heavy atom. The Morgan fingerprint density at radius 3 is 2.58 bits per heavy atom. The average molecular weight is 335 g/mol. The van der Waals surface area contributed by atoms with Crippen molar-refractivity contribution in [1.82, 2.24) is 19.9 Å². The van der Waals surface area contributed by atoms with Gasteiger partial charge in [0, 0.05) is 18.0 Å². The van der Waals surface area contributed by atoms with Crippen molar-refractivity contribution in [3.63, 3.8) is 0 Å². The molecule has 0 aliphatic carbocycles. The second-order valence-electron chi connectivity index (χ2n) is 5.03. The van der Waals surface area contributed by atoms with Crippen molar-refractivity contribution < 1.29 is 4.74 Å². The van der Waals surface area contributed by atoms with Crippen molar-refractivity contribution >= 4 is 22.5 Å². The predicted octanol–water partition coefficient (Wildman–Crippen LogP) is 4.53. The van der Waals surface area contributed by atoms with Gasteiger partial charge in [0.05, 0.1) is 17.1 Å². The molecule has 4 aromatic rings. The standard InChI is InChI=1S/C18H11ClN4O/c19-16-8-7-13(11-21-16)24-18-14-5-1-2-6-15(14)22-17(23-18)12-4-3-9-20-10-12/h1-11H. The number of aromatic nitrogens is 4. The molecule has 6 heteroatoms. The Morgan fingerprint density at radius 1 is 0.875 bits per heavy atom. The number of para-hydroxylation sites is 1. The van der Waals surface area contributed by atoms with E-state index in [1.807, 2.05) is 36.4 Å². The third kappa shape index (κ3) is 2.89. The quantitative estimate of drug-likeness (QED) is 0.515. The highest BCUT2D eigenvalue weighted by atomic mass is 35.5. The molecule has 0 aliphatic heterocycles. The van der Waals surface area contributed by atoms with Gasteiger partial charge in [0.25, 0.3) is 0 Å². The molecule has 3 heterocycles. The molecule has 4 rings (SSSR count). The van der Waals surface area contributed by atoms with Crippen LogP contribution in [0.25, 0.3) is 22.3 Å². The minimum atomic E-state index is 0.408. The summed E-state index contributed by atoms with van der Waals surface area (Å²) in [5.74, 6) is 1.57. The summed E-state index contributed by atoms with van der Waals surface area (Å²) in [6.45, 7) is 0. The maximum Gasteiger partial charge on any atom is 0.230 e. The van der Waals surface area contributed by atoms with E-state index in [0.717, 1.165) is 16.5 Å². The highest BCUT2D eigenvalue weighted by Crippen LogP contribution is 2.29. The van der Waals surface area contributed by atoms with Crippen molar-refractivity contribution in [2.75, 3.05) is 0 Å². The van der Waals surface area contributed by atoms with E-state index in [1.54, 1.807) is 30.7 Å². The molecule has 0 bridgehead atoms.